The van der Waals surface area contributed by atoms with Crippen LogP contribution in [-0.2, 0) is 4.79 Å². The largest absolute Gasteiger partial charge is 0.396 e. The van der Waals surface area contributed by atoms with Crippen LogP contribution < -0.4 is 11.1 Å². The highest BCUT2D eigenvalue weighted by Gasteiger charge is 2.24. The van der Waals surface area contributed by atoms with Crippen LogP contribution in [-0.4, -0.2) is 29.2 Å². The first-order valence-corrected chi connectivity index (χ1v) is 4.63. The second-order valence-corrected chi connectivity index (χ2v) is 3.66. The van der Waals surface area contributed by atoms with E-state index in [0.717, 1.165) is 6.42 Å². The predicted molar refractivity (Wildman–Crippen MR) is 52.2 cm³/mol. The standard InChI is InChI=1S/C9H20N2O2/c1-4-9(3,5-6-12)11-7(2)8(10)13/h7,11-12H,4-6H2,1-3H3,(H2,10,13). The van der Waals surface area contributed by atoms with Crippen LogP contribution in [0.25, 0.3) is 0 Å². The van der Waals surface area contributed by atoms with Crippen molar-refractivity contribution in [3.63, 3.8) is 0 Å². The maximum absolute atomic E-state index is 10.8. The Bertz CT molecular complexity index is 173. The van der Waals surface area contributed by atoms with Gasteiger partial charge in [-0.1, -0.05) is 6.92 Å². The Morgan fingerprint density at radius 1 is 1.69 bits per heavy atom. The topological polar surface area (TPSA) is 75.3 Å². The van der Waals surface area contributed by atoms with Gasteiger partial charge in [0, 0.05) is 12.1 Å². The minimum Gasteiger partial charge on any atom is -0.396 e. The molecule has 0 radical (unpaired) electrons. The van der Waals surface area contributed by atoms with Crippen molar-refractivity contribution in [2.45, 2.75) is 45.2 Å². The fourth-order valence-electron chi connectivity index (χ4n) is 1.19. The maximum Gasteiger partial charge on any atom is 0.234 e. The molecule has 0 aromatic carbocycles. The summed E-state index contributed by atoms with van der Waals surface area (Å²) in [4.78, 5) is 10.8. The molecular weight excluding hydrogens is 168 g/mol. The van der Waals surface area contributed by atoms with Crippen LogP contribution in [0.1, 0.15) is 33.6 Å². The first-order chi connectivity index (χ1) is 5.95. The number of carbonyl (C=O) groups excluding carboxylic acids is 1. The van der Waals surface area contributed by atoms with Crippen LogP contribution in [0, 0.1) is 0 Å². The van der Waals surface area contributed by atoms with Gasteiger partial charge in [-0.05, 0) is 26.7 Å². The third-order valence-corrected chi connectivity index (χ3v) is 2.44. The molecule has 0 heterocycles. The highest BCUT2D eigenvalue weighted by atomic mass is 16.3. The minimum absolute atomic E-state index is 0.114. The molecule has 0 fully saturated rings. The molecule has 4 heteroatoms. The molecule has 0 saturated heterocycles. The Kier molecular flexibility index (Phi) is 4.95. The molecule has 0 spiro atoms. The van der Waals surface area contributed by atoms with E-state index in [2.05, 4.69) is 5.32 Å². The molecule has 0 rings (SSSR count). The van der Waals surface area contributed by atoms with E-state index >= 15 is 0 Å². The molecule has 4 N–H and O–H groups in total. The zero-order valence-corrected chi connectivity index (χ0v) is 8.63. The number of aliphatic hydroxyl groups excluding tert-OH is 1. The number of rotatable bonds is 6. The number of nitrogens with one attached hydrogen (secondary N) is 1. The van der Waals surface area contributed by atoms with E-state index in [0.29, 0.717) is 6.42 Å². The van der Waals surface area contributed by atoms with Gasteiger partial charge in [-0.2, -0.15) is 0 Å². The zero-order chi connectivity index (χ0) is 10.5. The van der Waals surface area contributed by atoms with Crippen molar-refractivity contribution in [3.05, 3.63) is 0 Å². The van der Waals surface area contributed by atoms with Crippen molar-refractivity contribution in [2.75, 3.05) is 6.61 Å². The van der Waals surface area contributed by atoms with E-state index in [-0.39, 0.29) is 24.1 Å². The lowest BCUT2D eigenvalue weighted by Crippen LogP contribution is -2.52. The lowest BCUT2D eigenvalue weighted by atomic mass is 9.94. The third-order valence-electron chi connectivity index (χ3n) is 2.44. The highest BCUT2D eigenvalue weighted by Crippen LogP contribution is 2.14. The molecule has 0 aliphatic rings. The van der Waals surface area contributed by atoms with E-state index in [1.54, 1.807) is 6.92 Å². The second-order valence-electron chi connectivity index (χ2n) is 3.66. The molecule has 0 saturated carbocycles. The second kappa shape index (κ2) is 5.19. The predicted octanol–water partition coefficient (Wildman–Crippen LogP) is 0.000900. The Labute approximate surface area is 79.5 Å². The normalized spacial score (nSPS) is 17.8. The van der Waals surface area contributed by atoms with E-state index in [4.69, 9.17) is 10.8 Å². The van der Waals surface area contributed by atoms with Gasteiger partial charge in [0.05, 0.1) is 6.04 Å². The molecule has 0 aromatic rings. The SMILES string of the molecule is CCC(C)(CCO)NC(C)C(N)=O. The van der Waals surface area contributed by atoms with Crippen LogP contribution in [0.2, 0.25) is 0 Å². The molecule has 0 aliphatic carbocycles. The summed E-state index contributed by atoms with van der Waals surface area (Å²) in [7, 11) is 0. The van der Waals surface area contributed by atoms with Crippen molar-refractivity contribution < 1.29 is 9.90 Å². The lowest BCUT2D eigenvalue weighted by molar-refractivity contribution is -0.120. The Hall–Kier alpha value is -0.610. The number of nitrogens with two attached hydrogens (primary N) is 1. The van der Waals surface area contributed by atoms with Gasteiger partial charge < -0.3 is 16.2 Å². The van der Waals surface area contributed by atoms with Crippen molar-refractivity contribution in [1.29, 1.82) is 0 Å². The molecule has 78 valence electrons. The van der Waals surface area contributed by atoms with E-state index < -0.39 is 0 Å². The Morgan fingerprint density at radius 3 is 2.54 bits per heavy atom. The van der Waals surface area contributed by atoms with Gasteiger partial charge in [-0.25, -0.2) is 0 Å². The number of carbonyl (C=O) groups is 1. The molecule has 2 atom stereocenters. The first-order valence-electron chi connectivity index (χ1n) is 4.63. The van der Waals surface area contributed by atoms with Crippen LogP contribution >= 0.6 is 0 Å². The molecular formula is C9H20N2O2. The van der Waals surface area contributed by atoms with Crippen LogP contribution in [0.5, 0.6) is 0 Å². The minimum atomic E-state index is -0.363. The summed E-state index contributed by atoms with van der Waals surface area (Å²) in [5.41, 5.74) is 4.92. The molecule has 4 nitrogen and oxygen atoms in total. The average molecular weight is 188 g/mol. The van der Waals surface area contributed by atoms with Crippen LogP contribution in [0.15, 0.2) is 0 Å². The molecule has 0 bridgehead atoms. The summed E-state index contributed by atoms with van der Waals surface area (Å²) in [5.74, 6) is -0.363. The summed E-state index contributed by atoms with van der Waals surface area (Å²) in [6.45, 7) is 5.83. The Balaban J connectivity index is 4.17. The number of amides is 1. The third kappa shape index (κ3) is 4.24. The van der Waals surface area contributed by atoms with Crippen molar-refractivity contribution in [1.82, 2.24) is 5.32 Å². The summed E-state index contributed by atoms with van der Waals surface area (Å²) in [5, 5.41) is 11.9. The summed E-state index contributed by atoms with van der Waals surface area (Å²) in [6, 6.07) is -0.350. The quantitative estimate of drug-likeness (QED) is 0.549. The summed E-state index contributed by atoms with van der Waals surface area (Å²) >= 11 is 0. The van der Waals surface area contributed by atoms with Gasteiger partial charge in [-0.3, -0.25) is 4.79 Å². The molecule has 0 aromatic heterocycles. The van der Waals surface area contributed by atoms with Crippen molar-refractivity contribution in [2.24, 2.45) is 5.73 Å². The van der Waals surface area contributed by atoms with Gasteiger partial charge in [0.1, 0.15) is 0 Å². The van der Waals surface area contributed by atoms with Crippen LogP contribution in [0.4, 0.5) is 0 Å². The van der Waals surface area contributed by atoms with Crippen LogP contribution in [0.3, 0.4) is 0 Å². The van der Waals surface area contributed by atoms with E-state index in [1.165, 1.54) is 0 Å². The number of aliphatic hydroxyl groups is 1. The number of hydrogen-bond acceptors (Lipinski definition) is 3. The van der Waals surface area contributed by atoms with Gasteiger partial charge in [0.2, 0.25) is 5.91 Å². The zero-order valence-electron chi connectivity index (χ0n) is 8.63. The maximum atomic E-state index is 10.8. The lowest BCUT2D eigenvalue weighted by Gasteiger charge is -2.31. The van der Waals surface area contributed by atoms with Gasteiger partial charge in [-0.15, -0.1) is 0 Å². The van der Waals surface area contributed by atoms with Gasteiger partial charge >= 0.3 is 0 Å². The monoisotopic (exact) mass is 188 g/mol. The van der Waals surface area contributed by atoms with Crippen molar-refractivity contribution in [3.8, 4) is 0 Å². The fourth-order valence-corrected chi connectivity index (χ4v) is 1.19. The number of primary amides is 1. The molecule has 13 heavy (non-hydrogen) atoms. The molecule has 0 aliphatic heterocycles. The van der Waals surface area contributed by atoms with Gasteiger partial charge in [0.15, 0.2) is 0 Å². The Morgan fingerprint density at radius 2 is 2.23 bits per heavy atom. The average Bonchev–Trinajstić information content (AvgIpc) is 2.04. The summed E-state index contributed by atoms with van der Waals surface area (Å²) in [6.07, 6.45) is 1.48. The van der Waals surface area contributed by atoms with Crippen molar-refractivity contribution >= 4 is 5.91 Å². The molecule has 2 unspecified atom stereocenters. The smallest absolute Gasteiger partial charge is 0.234 e. The molecule has 1 amide bonds. The van der Waals surface area contributed by atoms with E-state index in [1.807, 2.05) is 13.8 Å². The van der Waals surface area contributed by atoms with Gasteiger partial charge in [0.25, 0.3) is 0 Å². The highest BCUT2D eigenvalue weighted by molar-refractivity contribution is 5.79. The fraction of sp³-hybridized carbons (Fsp3) is 0.889. The first kappa shape index (κ1) is 12.4. The summed E-state index contributed by atoms with van der Waals surface area (Å²) < 4.78 is 0. The number of hydrogen-bond donors (Lipinski definition) is 3. The van der Waals surface area contributed by atoms with E-state index in [9.17, 15) is 4.79 Å².